The molecular weight excluding hydrogens is 364 g/mol. The standard InChI is InChI=1S/C16H13ClN4O5/c1-26-14-5-3-2-4-13(14)19-15(22)16(23)20-18-9-10-8-11(21(24)25)6-7-12(10)17/h2-9H,1H3,(H,19,22)(H,20,23)/b18-9+. The van der Waals surface area contributed by atoms with Gasteiger partial charge in [0.1, 0.15) is 5.75 Å². The summed E-state index contributed by atoms with van der Waals surface area (Å²) in [6, 6.07) is 10.3. The van der Waals surface area contributed by atoms with Crippen molar-refractivity contribution in [3.8, 4) is 5.75 Å². The highest BCUT2D eigenvalue weighted by atomic mass is 35.5. The summed E-state index contributed by atoms with van der Waals surface area (Å²) in [4.78, 5) is 33.8. The van der Waals surface area contributed by atoms with E-state index in [1.54, 1.807) is 24.3 Å². The van der Waals surface area contributed by atoms with Crippen LogP contribution in [0.25, 0.3) is 0 Å². The maximum Gasteiger partial charge on any atom is 0.329 e. The van der Waals surface area contributed by atoms with Gasteiger partial charge in [0, 0.05) is 22.7 Å². The third-order valence-electron chi connectivity index (χ3n) is 3.12. The van der Waals surface area contributed by atoms with Crippen molar-refractivity contribution in [1.82, 2.24) is 5.43 Å². The van der Waals surface area contributed by atoms with Crippen LogP contribution < -0.4 is 15.5 Å². The molecule has 0 saturated carbocycles. The summed E-state index contributed by atoms with van der Waals surface area (Å²) in [5.74, 6) is -1.61. The maximum absolute atomic E-state index is 11.9. The Morgan fingerprint density at radius 3 is 2.65 bits per heavy atom. The van der Waals surface area contributed by atoms with Gasteiger partial charge in [0.2, 0.25) is 0 Å². The number of halogens is 1. The molecule has 10 heteroatoms. The molecule has 0 aromatic heterocycles. The molecule has 0 bridgehead atoms. The van der Waals surface area contributed by atoms with Crippen molar-refractivity contribution in [2.24, 2.45) is 5.10 Å². The van der Waals surface area contributed by atoms with E-state index in [2.05, 4.69) is 10.4 Å². The second-order valence-corrected chi connectivity index (χ2v) is 5.22. The Bertz CT molecular complexity index is 885. The molecular formula is C16H13ClN4O5. The number of hydrogen-bond acceptors (Lipinski definition) is 6. The van der Waals surface area contributed by atoms with Crippen molar-refractivity contribution < 1.29 is 19.2 Å². The molecule has 26 heavy (non-hydrogen) atoms. The lowest BCUT2D eigenvalue weighted by atomic mass is 10.2. The van der Waals surface area contributed by atoms with Crippen molar-refractivity contribution >= 4 is 41.0 Å². The second kappa shape index (κ2) is 8.58. The molecule has 0 saturated heterocycles. The van der Waals surface area contributed by atoms with Gasteiger partial charge in [-0.05, 0) is 18.2 Å². The van der Waals surface area contributed by atoms with Crippen LogP contribution in [0, 0.1) is 10.1 Å². The predicted octanol–water partition coefficient (Wildman–Crippen LogP) is 2.35. The Hall–Kier alpha value is -3.46. The van der Waals surface area contributed by atoms with Crippen molar-refractivity contribution in [2.45, 2.75) is 0 Å². The van der Waals surface area contributed by atoms with E-state index >= 15 is 0 Å². The topological polar surface area (TPSA) is 123 Å². The van der Waals surface area contributed by atoms with Crippen molar-refractivity contribution in [1.29, 1.82) is 0 Å². The maximum atomic E-state index is 11.9. The van der Waals surface area contributed by atoms with Gasteiger partial charge in [-0.15, -0.1) is 0 Å². The number of carbonyl (C=O) groups excluding carboxylic acids is 2. The highest BCUT2D eigenvalue weighted by Gasteiger charge is 2.15. The number of hydrazone groups is 1. The van der Waals surface area contributed by atoms with Gasteiger partial charge in [-0.2, -0.15) is 5.10 Å². The molecule has 134 valence electrons. The normalized spacial score (nSPS) is 10.4. The zero-order valence-electron chi connectivity index (χ0n) is 13.4. The molecule has 2 aromatic rings. The van der Waals surface area contributed by atoms with E-state index in [0.717, 1.165) is 6.21 Å². The highest BCUT2D eigenvalue weighted by molar-refractivity contribution is 6.39. The van der Waals surface area contributed by atoms with Crippen molar-refractivity contribution in [2.75, 3.05) is 12.4 Å². The molecule has 0 aliphatic carbocycles. The largest absolute Gasteiger partial charge is 0.495 e. The van der Waals surface area contributed by atoms with Crippen LogP contribution in [-0.4, -0.2) is 30.1 Å². The zero-order valence-corrected chi connectivity index (χ0v) is 14.2. The number of anilines is 1. The average Bonchev–Trinajstić information content (AvgIpc) is 2.63. The number of ether oxygens (including phenoxy) is 1. The molecule has 0 radical (unpaired) electrons. The highest BCUT2D eigenvalue weighted by Crippen LogP contribution is 2.23. The van der Waals surface area contributed by atoms with Crippen LogP contribution in [0.2, 0.25) is 5.02 Å². The zero-order chi connectivity index (χ0) is 19.1. The lowest BCUT2D eigenvalue weighted by Gasteiger charge is -2.08. The number of nitrogens with zero attached hydrogens (tertiary/aromatic N) is 2. The number of methoxy groups -OCH3 is 1. The van der Waals surface area contributed by atoms with E-state index in [1.165, 1.54) is 25.3 Å². The minimum absolute atomic E-state index is 0.184. The van der Waals surface area contributed by atoms with Crippen LogP contribution in [-0.2, 0) is 9.59 Å². The van der Waals surface area contributed by atoms with Gasteiger partial charge >= 0.3 is 11.8 Å². The van der Waals surface area contributed by atoms with E-state index in [1.807, 2.05) is 5.43 Å². The summed E-state index contributed by atoms with van der Waals surface area (Å²) >= 11 is 5.90. The molecule has 2 rings (SSSR count). The summed E-state index contributed by atoms with van der Waals surface area (Å²) in [5, 5.41) is 16.9. The average molecular weight is 377 g/mol. The molecule has 0 aliphatic rings. The van der Waals surface area contributed by atoms with Crippen LogP contribution in [0.3, 0.4) is 0 Å². The van der Waals surface area contributed by atoms with Crippen LogP contribution in [0.1, 0.15) is 5.56 Å². The SMILES string of the molecule is COc1ccccc1NC(=O)C(=O)N/N=C/c1cc([N+](=O)[O-])ccc1Cl. The minimum Gasteiger partial charge on any atom is -0.495 e. The quantitative estimate of drug-likeness (QED) is 0.359. The van der Waals surface area contributed by atoms with Crippen molar-refractivity contribution in [3.63, 3.8) is 0 Å². The number of rotatable bonds is 5. The number of nitro benzene ring substituents is 1. The number of non-ortho nitro benzene ring substituents is 1. The van der Waals surface area contributed by atoms with Crippen LogP contribution in [0.4, 0.5) is 11.4 Å². The second-order valence-electron chi connectivity index (χ2n) is 4.82. The first kappa shape index (κ1) is 18.9. The Morgan fingerprint density at radius 2 is 1.96 bits per heavy atom. The van der Waals surface area contributed by atoms with Gasteiger partial charge in [0.15, 0.2) is 0 Å². The van der Waals surface area contributed by atoms with E-state index in [0.29, 0.717) is 11.4 Å². The summed E-state index contributed by atoms with van der Waals surface area (Å²) in [6.07, 6.45) is 1.10. The Kier molecular flexibility index (Phi) is 6.23. The smallest absolute Gasteiger partial charge is 0.329 e. The third kappa shape index (κ3) is 4.77. The number of amides is 2. The van der Waals surface area contributed by atoms with Gasteiger partial charge in [-0.3, -0.25) is 19.7 Å². The fourth-order valence-corrected chi connectivity index (χ4v) is 2.05. The fraction of sp³-hybridized carbons (Fsp3) is 0.0625. The van der Waals surface area contributed by atoms with Gasteiger partial charge in [0.05, 0.1) is 23.9 Å². The summed E-state index contributed by atoms with van der Waals surface area (Å²) in [6.45, 7) is 0. The molecule has 2 N–H and O–H groups in total. The first-order valence-corrected chi connectivity index (χ1v) is 7.51. The van der Waals surface area contributed by atoms with Crippen LogP contribution in [0.5, 0.6) is 5.75 Å². The first-order valence-electron chi connectivity index (χ1n) is 7.13. The summed E-state index contributed by atoms with van der Waals surface area (Å²) in [5.41, 5.74) is 2.36. The van der Waals surface area contributed by atoms with Gasteiger partial charge in [-0.25, -0.2) is 5.43 Å². The minimum atomic E-state index is -1.03. The number of para-hydroxylation sites is 2. The number of hydrogen-bond donors (Lipinski definition) is 2. The number of carbonyl (C=O) groups is 2. The van der Waals surface area contributed by atoms with E-state index in [-0.39, 0.29) is 16.3 Å². The molecule has 0 spiro atoms. The Morgan fingerprint density at radius 1 is 1.23 bits per heavy atom. The van der Waals surface area contributed by atoms with E-state index < -0.39 is 16.7 Å². The molecule has 0 fully saturated rings. The third-order valence-corrected chi connectivity index (χ3v) is 3.47. The molecule has 9 nitrogen and oxygen atoms in total. The molecule has 2 amide bonds. The molecule has 0 heterocycles. The fourth-order valence-electron chi connectivity index (χ4n) is 1.88. The lowest BCUT2D eigenvalue weighted by molar-refractivity contribution is -0.384. The van der Waals surface area contributed by atoms with Gasteiger partial charge in [0.25, 0.3) is 5.69 Å². The summed E-state index contributed by atoms with van der Waals surface area (Å²) in [7, 11) is 1.43. The predicted molar refractivity (Wildman–Crippen MR) is 95.5 cm³/mol. The van der Waals surface area contributed by atoms with Gasteiger partial charge in [-0.1, -0.05) is 23.7 Å². The molecule has 0 aliphatic heterocycles. The van der Waals surface area contributed by atoms with E-state index in [4.69, 9.17) is 16.3 Å². The number of nitrogens with one attached hydrogen (secondary N) is 2. The Balaban J connectivity index is 2.02. The summed E-state index contributed by atoms with van der Waals surface area (Å²) < 4.78 is 5.06. The number of benzene rings is 2. The molecule has 0 atom stereocenters. The lowest BCUT2D eigenvalue weighted by Crippen LogP contribution is -2.32. The van der Waals surface area contributed by atoms with E-state index in [9.17, 15) is 19.7 Å². The van der Waals surface area contributed by atoms with Crippen LogP contribution >= 0.6 is 11.6 Å². The van der Waals surface area contributed by atoms with Crippen molar-refractivity contribution in [3.05, 3.63) is 63.2 Å². The van der Waals surface area contributed by atoms with Crippen LogP contribution in [0.15, 0.2) is 47.6 Å². The molecule has 0 unspecified atom stereocenters. The molecule has 2 aromatic carbocycles. The number of nitro groups is 1. The first-order chi connectivity index (χ1) is 12.4. The Labute approximate surface area is 152 Å². The van der Waals surface area contributed by atoms with Gasteiger partial charge < -0.3 is 10.1 Å². The monoisotopic (exact) mass is 376 g/mol.